The molecule has 1 heterocycles. The molecule has 1 saturated heterocycles. The van der Waals surface area contributed by atoms with Gasteiger partial charge in [0.15, 0.2) is 0 Å². The maximum atomic E-state index is 11.6. The second kappa shape index (κ2) is 8.18. The number of ether oxygens (including phenoxy) is 1. The third-order valence-corrected chi connectivity index (χ3v) is 3.07. The van der Waals surface area contributed by atoms with Crippen molar-refractivity contribution in [2.45, 2.75) is 6.92 Å². The van der Waals surface area contributed by atoms with Gasteiger partial charge in [-0.15, -0.1) is 0 Å². The molecular weight excluding hydrogens is 284 g/mol. The van der Waals surface area contributed by atoms with E-state index in [1.165, 1.54) is 0 Å². The largest absolute Gasteiger partial charge is 0.450 e. The summed E-state index contributed by atoms with van der Waals surface area (Å²) >= 11 is 0. The van der Waals surface area contributed by atoms with Gasteiger partial charge in [-0.3, -0.25) is 0 Å². The van der Waals surface area contributed by atoms with Crippen molar-refractivity contribution in [2.24, 2.45) is 5.73 Å². The highest BCUT2D eigenvalue weighted by Gasteiger charge is 2.23. The van der Waals surface area contributed by atoms with Crippen molar-refractivity contribution >= 4 is 6.09 Å². The first-order valence-electron chi connectivity index (χ1n) is 6.65. The predicted octanol–water partition coefficient (Wildman–Crippen LogP) is 0.428. The summed E-state index contributed by atoms with van der Waals surface area (Å²) in [6.45, 7) is 3.78. The van der Waals surface area contributed by atoms with E-state index < -0.39 is 0 Å². The molecule has 1 aliphatic heterocycles. The van der Waals surface area contributed by atoms with Gasteiger partial charge in [0.2, 0.25) is 0 Å². The third kappa shape index (κ3) is 4.16. The number of amides is 1. The molecule has 22 heavy (non-hydrogen) atoms. The minimum atomic E-state index is -0.374. The van der Waals surface area contributed by atoms with Gasteiger partial charge in [0.1, 0.15) is 29.6 Å². The maximum absolute atomic E-state index is 11.6. The van der Waals surface area contributed by atoms with Gasteiger partial charge in [0, 0.05) is 26.2 Å². The summed E-state index contributed by atoms with van der Waals surface area (Å²) in [6, 6.07) is 5.24. The van der Waals surface area contributed by atoms with Crippen LogP contribution in [0.25, 0.3) is 0 Å². The Kier molecular flexibility index (Phi) is 6.28. The summed E-state index contributed by atoms with van der Waals surface area (Å²) in [5, 5.41) is 26.6. The normalized spacial score (nSPS) is 14.8. The van der Waals surface area contributed by atoms with Gasteiger partial charge in [-0.1, -0.05) is 0 Å². The van der Waals surface area contributed by atoms with Crippen molar-refractivity contribution in [1.82, 2.24) is 9.80 Å². The Hall–Kier alpha value is -3.18. The lowest BCUT2D eigenvalue weighted by atomic mass is 10.1. The zero-order valence-electron chi connectivity index (χ0n) is 12.2. The first-order chi connectivity index (χ1) is 10.6. The van der Waals surface area contributed by atoms with Crippen molar-refractivity contribution in [3.63, 3.8) is 0 Å². The average molecular weight is 300 g/mol. The number of hydrogen-bond donors (Lipinski definition) is 1. The molecule has 0 atom stereocenters. The van der Waals surface area contributed by atoms with Crippen molar-refractivity contribution in [3.05, 3.63) is 23.0 Å². The minimum absolute atomic E-state index is 0.0580. The molecule has 0 radical (unpaired) electrons. The van der Waals surface area contributed by atoms with E-state index in [0.29, 0.717) is 32.8 Å². The highest BCUT2D eigenvalue weighted by atomic mass is 16.6. The van der Waals surface area contributed by atoms with Crippen LogP contribution in [-0.2, 0) is 4.74 Å². The van der Waals surface area contributed by atoms with E-state index in [1.54, 1.807) is 28.9 Å². The van der Waals surface area contributed by atoms with E-state index in [2.05, 4.69) is 0 Å². The molecular formula is C14H16N6O2. The van der Waals surface area contributed by atoms with Crippen LogP contribution >= 0.6 is 0 Å². The fourth-order valence-electron chi connectivity index (χ4n) is 1.91. The van der Waals surface area contributed by atoms with Crippen LogP contribution in [0.3, 0.4) is 0 Å². The van der Waals surface area contributed by atoms with E-state index in [1.807, 2.05) is 6.07 Å². The fraction of sp³-hybridized carbons (Fsp3) is 0.429. The SMILES string of the molecule is CCOC(=O)N1CCN(/C(N)=C(\C#N)C=C(C#N)C#N)CC1. The second-order valence-electron chi connectivity index (χ2n) is 4.37. The number of carbonyl (C=O) groups excluding carboxylic acids is 1. The van der Waals surface area contributed by atoms with Crippen molar-refractivity contribution in [2.75, 3.05) is 32.8 Å². The van der Waals surface area contributed by atoms with Gasteiger partial charge < -0.3 is 20.3 Å². The molecule has 0 spiro atoms. The van der Waals surface area contributed by atoms with Crippen LogP contribution in [-0.4, -0.2) is 48.7 Å². The number of nitrogens with two attached hydrogens (primary N) is 1. The summed E-state index contributed by atoms with van der Waals surface area (Å²) in [5.74, 6) is 0.189. The van der Waals surface area contributed by atoms with Crippen molar-refractivity contribution < 1.29 is 9.53 Å². The second-order valence-corrected chi connectivity index (χ2v) is 4.37. The lowest BCUT2D eigenvalue weighted by molar-refractivity contribution is 0.0865. The number of hydrogen-bond acceptors (Lipinski definition) is 7. The molecule has 0 saturated carbocycles. The number of carbonyl (C=O) groups is 1. The molecule has 2 N–H and O–H groups in total. The van der Waals surface area contributed by atoms with Crippen LogP contribution in [0.4, 0.5) is 4.79 Å². The number of piperazine rings is 1. The average Bonchev–Trinajstić information content (AvgIpc) is 2.56. The molecule has 8 heteroatoms. The monoisotopic (exact) mass is 300 g/mol. The smallest absolute Gasteiger partial charge is 0.409 e. The Labute approximate surface area is 128 Å². The van der Waals surface area contributed by atoms with E-state index >= 15 is 0 Å². The summed E-state index contributed by atoms with van der Waals surface area (Å²) in [5.41, 5.74) is 5.79. The lowest BCUT2D eigenvalue weighted by Gasteiger charge is -2.35. The first-order valence-corrected chi connectivity index (χ1v) is 6.65. The molecule has 1 aliphatic rings. The van der Waals surface area contributed by atoms with E-state index in [9.17, 15) is 4.79 Å². The Morgan fingerprint density at radius 3 is 2.14 bits per heavy atom. The number of nitrogens with zero attached hydrogens (tertiary/aromatic N) is 5. The van der Waals surface area contributed by atoms with Crippen LogP contribution < -0.4 is 5.73 Å². The number of rotatable bonds is 3. The minimum Gasteiger partial charge on any atom is -0.450 e. The third-order valence-electron chi connectivity index (χ3n) is 3.07. The molecule has 0 aromatic heterocycles. The highest BCUT2D eigenvalue weighted by Crippen LogP contribution is 2.12. The Morgan fingerprint density at radius 1 is 1.14 bits per heavy atom. The molecule has 1 fully saturated rings. The number of allylic oxidation sites excluding steroid dienone is 3. The van der Waals surface area contributed by atoms with Gasteiger partial charge in [-0.05, 0) is 13.0 Å². The van der Waals surface area contributed by atoms with Crippen LogP contribution in [0.5, 0.6) is 0 Å². The topological polar surface area (TPSA) is 130 Å². The van der Waals surface area contributed by atoms with Gasteiger partial charge >= 0.3 is 6.09 Å². The molecule has 8 nitrogen and oxygen atoms in total. The fourth-order valence-corrected chi connectivity index (χ4v) is 1.91. The Morgan fingerprint density at radius 2 is 1.68 bits per heavy atom. The zero-order valence-corrected chi connectivity index (χ0v) is 12.2. The first kappa shape index (κ1) is 16.9. The summed E-state index contributed by atoms with van der Waals surface area (Å²) < 4.78 is 4.92. The summed E-state index contributed by atoms with van der Waals surface area (Å²) in [6.07, 6.45) is 0.786. The van der Waals surface area contributed by atoms with Crippen LogP contribution in [0, 0.1) is 34.0 Å². The molecule has 1 rings (SSSR count). The molecule has 0 unspecified atom stereocenters. The highest BCUT2D eigenvalue weighted by molar-refractivity contribution is 5.67. The standard InChI is InChI=1S/C14H16N6O2/c1-2-22-14(21)20-5-3-19(4-6-20)13(18)12(10-17)7-11(8-15)9-16/h7H,2-6,18H2,1H3/b13-12-. The van der Waals surface area contributed by atoms with Crippen molar-refractivity contribution in [3.8, 4) is 18.2 Å². The van der Waals surface area contributed by atoms with Gasteiger partial charge in [-0.2, -0.15) is 15.8 Å². The predicted molar refractivity (Wildman–Crippen MR) is 76.3 cm³/mol. The molecule has 1 amide bonds. The molecule has 0 aliphatic carbocycles. The van der Waals surface area contributed by atoms with Crippen LogP contribution in [0.1, 0.15) is 6.92 Å². The van der Waals surface area contributed by atoms with E-state index in [0.717, 1.165) is 6.08 Å². The van der Waals surface area contributed by atoms with Crippen LogP contribution in [0.15, 0.2) is 23.0 Å². The maximum Gasteiger partial charge on any atom is 0.409 e. The Bertz CT molecular complexity index is 593. The lowest BCUT2D eigenvalue weighted by Crippen LogP contribution is -2.49. The summed E-state index contributed by atoms with van der Waals surface area (Å²) in [4.78, 5) is 14.9. The quantitative estimate of drug-likeness (QED) is 0.590. The Balaban J connectivity index is 2.82. The van der Waals surface area contributed by atoms with Crippen molar-refractivity contribution in [1.29, 1.82) is 15.8 Å². The molecule has 114 valence electrons. The number of nitriles is 3. The van der Waals surface area contributed by atoms with E-state index in [4.69, 9.17) is 26.3 Å². The van der Waals surface area contributed by atoms with Gasteiger partial charge in [0.25, 0.3) is 0 Å². The summed E-state index contributed by atoms with van der Waals surface area (Å²) in [7, 11) is 0. The molecule has 0 bridgehead atoms. The molecule has 0 aromatic carbocycles. The van der Waals surface area contributed by atoms with E-state index in [-0.39, 0.29) is 23.1 Å². The van der Waals surface area contributed by atoms with Crippen LogP contribution in [0.2, 0.25) is 0 Å². The van der Waals surface area contributed by atoms with Gasteiger partial charge in [-0.25, -0.2) is 4.79 Å². The molecule has 0 aromatic rings. The van der Waals surface area contributed by atoms with Gasteiger partial charge in [0.05, 0.1) is 12.2 Å². The zero-order chi connectivity index (χ0) is 16.5.